The van der Waals surface area contributed by atoms with Crippen LogP contribution in [0.1, 0.15) is 27.3 Å². The summed E-state index contributed by atoms with van der Waals surface area (Å²) in [5.41, 5.74) is 4.19. The molecule has 3 rings (SSSR count). The van der Waals surface area contributed by atoms with Gasteiger partial charge in [0.25, 0.3) is 5.91 Å². The Labute approximate surface area is 124 Å². The van der Waals surface area contributed by atoms with Gasteiger partial charge in [0.2, 0.25) is 0 Å². The lowest BCUT2D eigenvalue weighted by molar-refractivity contribution is 0.0730. The van der Waals surface area contributed by atoms with E-state index in [1.807, 2.05) is 47.8 Å². The van der Waals surface area contributed by atoms with Gasteiger partial charge in [-0.1, -0.05) is 0 Å². The van der Waals surface area contributed by atoms with Crippen LogP contribution in [0.3, 0.4) is 0 Å². The van der Waals surface area contributed by atoms with E-state index < -0.39 is 0 Å². The molecule has 0 radical (unpaired) electrons. The van der Waals surface area contributed by atoms with Crippen molar-refractivity contribution in [1.82, 2.24) is 14.7 Å². The van der Waals surface area contributed by atoms with Crippen molar-refractivity contribution in [2.24, 2.45) is 7.05 Å². The van der Waals surface area contributed by atoms with Crippen LogP contribution in [-0.4, -0.2) is 34.2 Å². The molecule has 1 aliphatic heterocycles. The second kappa shape index (κ2) is 5.24. The molecule has 0 spiro atoms. The van der Waals surface area contributed by atoms with Crippen LogP contribution in [0, 0.1) is 6.92 Å². The van der Waals surface area contributed by atoms with Crippen molar-refractivity contribution < 1.29 is 9.53 Å². The lowest BCUT2D eigenvalue weighted by Crippen LogP contribution is -2.36. The molecule has 2 aromatic rings. The average molecular weight is 285 g/mol. The van der Waals surface area contributed by atoms with Crippen LogP contribution in [0.25, 0.3) is 0 Å². The van der Waals surface area contributed by atoms with E-state index in [0.717, 1.165) is 30.1 Å². The zero-order valence-corrected chi connectivity index (χ0v) is 12.6. The van der Waals surface area contributed by atoms with E-state index in [1.165, 1.54) is 5.56 Å². The molecule has 0 aliphatic carbocycles. The summed E-state index contributed by atoms with van der Waals surface area (Å²) in [5, 5.41) is 4.44. The first kappa shape index (κ1) is 13.7. The molecule has 0 bridgehead atoms. The Kier molecular flexibility index (Phi) is 3.41. The lowest BCUT2D eigenvalue weighted by atomic mass is 10.0. The molecule has 5 nitrogen and oxygen atoms in total. The normalized spacial score (nSPS) is 14.0. The smallest absolute Gasteiger partial charge is 0.254 e. The summed E-state index contributed by atoms with van der Waals surface area (Å²) in [7, 11) is 3.56. The van der Waals surface area contributed by atoms with E-state index in [2.05, 4.69) is 5.10 Å². The third-order valence-electron chi connectivity index (χ3n) is 4.07. The van der Waals surface area contributed by atoms with Gasteiger partial charge in [-0.05, 0) is 43.2 Å². The molecular weight excluding hydrogens is 266 g/mol. The number of fused-ring (bicyclic) bond motifs is 1. The van der Waals surface area contributed by atoms with Crippen LogP contribution in [0.2, 0.25) is 0 Å². The number of carbonyl (C=O) groups is 1. The highest BCUT2D eigenvalue weighted by Gasteiger charge is 2.25. The van der Waals surface area contributed by atoms with E-state index in [1.54, 1.807) is 7.11 Å². The van der Waals surface area contributed by atoms with E-state index >= 15 is 0 Å². The molecule has 0 unspecified atom stereocenters. The van der Waals surface area contributed by atoms with Crippen LogP contribution in [-0.2, 0) is 20.0 Å². The first-order valence-electron chi connectivity index (χ1n) is 7.05. The minimum absolute atomic E-state index is 0.0576. The van der Waals surface area contributed by atoms with E-state index in [9.17, 15) is 4.79 Å². The number of nitrogens with zero attached hydrogens (tertiary/aromatic N) is 3. The number of carbonyl (C=O) groups excluding carboxylic acids is 1. The molecule has 0 N–H and O–H groups in total. The zero-order valence-electron chi connectivity index (χ0n) is 12.6. The van der Waals surface area contributed by atoms with Crippen molar-refractivity contribution in [3.63, 3.8) is 0 Å². The molecule has 1 amide bonds. The fraction of sp³-hybridized carbons (Fsp3) is 0.375. The maximum Gasteiger partial charge on any atom is 0.254 e. The van der Waals surface area contributed by atoms with Gasteiger partial charge in [0.15, 0.2) is 0 Å². The van der Waals surface area contributed by atoms with Crippen molar-refractivity contribution in [3.05, 3.63) is 46.8 Å². The quantitative estimate of drug-likeness (QED) is 0.847. The summed E-state index contributed by atoms with van der Waals surface area (Å²) in [6, 6.07) is 7.25. The van der Waals surface area contributed by atoms with Gasteiger partial charge in [-0.2, -0.15) is 5.10 Å². The maximum atomic E-state index is 12.6. The van der Waals surface area contributed by atoms with Crippen molar-refractivity contribution in [1.29, 1.82) is 0 Å². The Balaban J connectivity index is 1.81. The van der Waals surface area contributed by atoms with Gasteiger partial charge in [-0.15, -0.1) is 0 Å². The number of ether oxygens (including phenoxy) is 1. The highest BCUT2D eigenvalue weighted by atomic mass is 16.5. The first-order valence-corrected chi connectivity index (χ1v) is 7.05. The number of amides is 1. The lowest BCUT2D eigenvalue weighted by Gasteiger charge is -2.27. The number of rotatable bonds is 2. The molecule has 0 fully saturated rings. The Morgan fingerprint density at radius 2 is 2.00 bits per heavy atom. The highest BCUT2D eigenvalue weighted by molar-refractivity contribution is 5.94. The Morgan fingerprint density at radius 1 is 1.29 bits per heavy atom. The largest absolute Gasteiger partial charge is 0.497 e. The topological polar surface area (TPSA) is 47.4 Å². The van der Waals surface area contributed by atoms with Crippen LogP contribution in [0.4, 0.5) is 0 Å². The van der Waals surface area contributed by atoms with Crippen molar-refractivity contribution in [3.8, 4) is 5.75 Å². The molecule has 0 saturated heterocycles. The van der Waals surface area contributed by atoms with Gasteiger partial charge >= 0.3 is 0 Å². The van der Waals surface area contributed by atoms with Gasteiger partial charge in [-0.25, -0.2) is 0 Å². The fourth-order valence-electron chi connectivity index (χ4n) is 2.87. The van der Waals surface area contributed by atoms with Crippen LogP contribution >= 0.6 is 0 Å². The molecule has 1 aliphatic rings. The van der Waals surface area contributed by atoms with Crippen molar-refractivity contribution >= 4 is 5.91 Å². The molecule has 2 heterocycles. The molecule has 5 heteroatoms. The molecular formula is C16H19N3O2. The SMILES string of the molecule is COc1ccc(C(=O)N2CCc3c(C)nn(C)c3C2)cc1. The molecule has 0 saturated carbocycles. The van der Waals surface area contributed by atoms with Crippen LogP contribution in [0.5, 0.6) is 5.75 Å². The van der Waals surface area contributed by atoms with Gasteiger partial charge in [-0.3, -0.25) is 9.48 Å². The first-order chi connectivity index (χ1) is 10.1. The predicted octanol–water partition coefficient (Wildman–Crippen LogP) is 1.94. The number of benzene rings is 1. The second-order valence-electron chi connectivity index (χ2n) is 5.34. The van der Waals surface area contributed by atoms with Crippen LogP contribution < -0.4 is 4.74 Å². The predicted molar refractivity (Wildman–Crippen MR) is 79.4 cm³/mol. The number of hydrogen-bond acceptors (Lipinski definition) is 3. The molecule has 0 atom stereocenters. The van der Waals surface area contributed by atoms with E-state index in [0.29, 0.717) is 12.1 Å². The minimum Gasteiger partial charge on any atom is -0.497 e. The standard InChI is InChI=1S/C16H19N3O2/c1-11-14-8-9-19(10-15(14)18(2)17-11)16(20)12-4-6-13(21-3)7-5-12/h4-7H,8-10H2,1-3H3. The molecule has 1 aromatic carbocycles. The summed E-state index contributed by atoms with van der Waals surface area (Å²) >= 11 is 0. The van der Waals surface area contributed by atoms with Gasteiger partial charge in [0.1, 0.15) is 5.75 Å². The van der Waals surface area contributed by atoms with Gasteiger partial charge < -0.3 is 9.64 Å². The number of hydrogen-bond donors (Lipinski definition) is 0. The number of methoxy groups -OCH3 is 1. The Bertz CT molecular complexity index is 674. The van der Waals surface area contributed by atoms with Crippen molar-refractivity contribution in [2.45, 2.75) is 19.9 Å². The number of aromatic nitrogens is 2. The monoisotopic (exact) mass is 285 g/mol. The zero-order chi connectivity index (χ0) is 15.0. The fourth-order valence-corrected chi connectivity index (χ4v) is 2.87. The summed E-state index contributed by atoms with van der Waals surface area (Å²) in [6.45, 7) is 3.39. The summed E-state index contributed by atoms with van der Waals surface area (Å²) in [4.78, 5) is 14.5. The maximum absolute atomic E-state index is 12.6. The third-order valence-corrected chi connectivity index (χ3v) is 4.07. The summed E-state index contributed by atoms with van der Waals surface area (Å²) < 4.78 is 7.01. The molecule has 110 valence electrons. The average Bonchev–Trinajstić information content (AvgIpc) is 2.81. The molecule has 21 heavy (non-hydrogen) atoms. The van der Waals surface area contributed by atoms with Gasteiger partial charge in [0.05, 0.1) is 25.0 Å². The Hall–Kier alpha value is -2.30. The second-order valence-corrected chi connectivity index (χ2v) is 5.34. The van der Waals surface area contributed by atoms with E-state index in [-0.39, 0.29) is 5.91 Å². The number of aryl methyl sites for hydroxylation is 2. The van der Waals surface area contributed by atoms with E-state index in [4.69, 9.17) is 4.74 Å². The molecule has 1 aromatic heterocycles. The van der Waals surface area contributed by atoms with Crippen molar-refractivity contribution in [2.75, 3.05) is 13.7 Å². The third kappa shape index (κ3) is 2.39. The minimum atomic E-state index is 0.0576. The highest BCUT2D eigenvalue weighted by Crippen LogP contribution is 2.23. The Morgan fingerprint density at radius 3 is 2.67 bits per heavy atom. The van der Waals surface area contributed by atoms with Gasteiger partial charge in [0, 0.05) is 19.2 Å². The summed E-state index contributed by atoms with van der Waals surface area (Å²) in [5.74, 6) is 0.817. The van der Waals surface area contributed by atoms with Crippen LogP contribution in [0.15, 0.2) is 24.3 Å². The summed E-state index contributed by atoms with van der Waals surface area (Å²) in [6.07, 6.45) is 0.872.